The van der Waals surface area contributed by atoms with E-state index in [0.29, 0.717) is 0 Å². The van der Waals surface area contributed by atoms with E-state index in [0.717, 1.165) is 23.3 Å². The van der Waals surface area contributed by atoms with E-state index in [9.17, 15) is 0 Å². The number of nitrogens with zero attached hydrogens (tertiary/aromatic N) is 1. The zero-order valence-electron chi connectivity index (χ0n) is 13.0. The number of thioether (sulfide) groups is 1. The van der Waals surface area contributed by atoms with Gasteiger partial charge in [0.15, 0.2) is 0 Å². The summed E-state index contributed by atoms with van der Waals surface area (Å²) in [7, 11) is 0. The number of nitrogens with one attached hydrogen (secondary N) is 1. The van der Waals surface area contributed by atoms with Crippen LogP contribution in [0.15, 0.2) is 0 Å². The van der Waals surface area contributed by atoms with Crippen LogP contribution >= 0.6 is 11.8 Å². The molecule has 1 aliphatic carbocycles. The van der Waals surface area contributed by atoms with Gasteiger partial charge in [-0.15, -0.1) is 0 Å². The molecule has 1 saturated heterocycles. The van der Waals surface area contributed by atoms with Crippen LogP contribution in [0.5, 0.6) is 0 Å². The van der Waals surface area contributed by atoms with Crippen molar-refractivity contribution >= 4 is 11.8 Å². The monoisotopic (exact) mass is 284 g/mol. The molecular formula is C16H32N2S. The van der Waals surface area contributed by atoms with Gasteiger partial charge in [0.2, 0.25) is 0 Å². The first-order valence-corrected chi connectivity index (χ1v) is 9.53. The normalized spacial score (nSPS) is 37.4. The zero-order chi connectivity index (χ0) is 13.7. The highest BCUT2D eigenvalue weighted by Gasteiger charge is 2.31. The molecule has 1 N–H and O–H groups in total. The van der Waals surface area contributed by atoms with Gasteiger partial charge in [-0.1, -0.05) is 13.8 Å². The van der Waals surface area contributed by atoms with Gasteiger partial charge in [0.05, 0.1) is 0 Å². The third-order valence-electron chi connectivity index (χ3n) is 5.09. The van der Waals surface area contributed by atoms with Crippen LogP contribution in [-0.4, -0.2) is 48.1 Å². The third-order valence-corrected chi connectivity index (χ3v) is 6.22. The molecule has 1 saturated carbocycles. The summed E-state index contributed by atoms with van der Waals surface area (Å²) in [6.07, 6.45) is 10.6. The first-order valence-electron chi connectivity index (χ1n) is 8.24. The Bertz CT molecular complexity index is 251. The number of hydrogen-bond donors (Lipinski definition) is 1. The summed E-state index contributed by atoms with van der Waals surface area (Å²) in [6, 6.07) is 1.65. The molecule has 0 spiro atoms. The molecule has 19 heavy (non-hydrogen) atoms. The summed E-state index contributed by atoms with van der Waals surface area (Å²) in [5.74, 6) is 0.818. The average Bonchev–Trinajstić information content (AvgIpc) is 2.46. The molecule has 0 aromatic carbocycles. The van der Waals surface area contributed by atoms with Gasteiger partial charge in [-0.3, -0.25) is 0 Å². The molecule has 2 fully saturated rings. The fraction of sp³-hybridized carbons (Fsp3) is 1.00. The van der Waals surface area contributed by atoms with Gasteiger partial charge in [0.25, 0.3) is 0 Å². The van der Waals surface area contributed by atoms with Crippen molar-refractivity contribution in [3.63, 3.8) is 0 Å². The van der Waals surface area contributed by atoms with Gasteiger partial charge in [0, 0.05) is 23.9 Å². The van der Waals surface area contributed by atoms with Gasteiger partial charge in [-0.25, -0.2) is 0 Å². The fourth-order valence-electron chi connectivity index (χ4n) is 3.79. The Hall–Kier alpha value is 0.270. The van der Waals surface area contributed by atoms with E-state index < -0.39 is 0 Å². The van der Waals surface area contributed by atoms with Gasteiger partial charge in [-0.2, -0.15) is 11.8 Å². The van der Waals surface area contributed by atoms with Crippen LogP contribution in [0.3, 0.4) is 0 Å². The van der Waals surface area contributed by atoms with E-state index in [4.69, 9.17) is 0 Å². The predicted molar refractivity (Wildman–Crippen MR) is 87.0 cm³/mol. The molecule has 2 aliphatic rings. The quantitative estimate of drug-likeness (QED) is 0.833. The standard InChI is InChI=1S/C16H32N2S/c1-4-10-17-16-9-11-18(12-13(16)2)14-5-7-15(19-3)8-6-14/h13-17H,4-12H2,1-3H3. The minimum atomic E-state index is 0.763. The summed E-state index contributed by atoms with van der Waals surface area (Å²) >= 11 is 2.08. The Kier molecular flexibility index (Phi) is 6.51. The lowest BCUT2D eigenvalue weighted by Gasteiger charge is -2.43. The number of rotatable bonds is 5. The van der Waals surface area contributed by atoms with Crippen molar-refractivity contribution < 1.29 is 0 Å². The van der Waals surface area contributed by atoms with E-state index in [1.807, 2.05) is 0 Å². The summed E-state index contributed by atoms with van der Waals surface area (Å²) in [5.41, 5.74) is 0. The Labute approximate surface area is 124 Å². The highest BCUT2D eigenvalue weighted by atomic mass is 32.2. The molecule has 2 nitrogen and oxygen atoms in total. The molecule has 2 atom stereocenters. The van der Waals surface area contributed by atoms with Gasteiger partial charge >= 0.3 is 0 Å². The van der Waals surface area contributed by atoms with Gasteiger partial charge in [0.1, 0.15) is 0 Å². The average molecular weight is 285 g/mol. The van der Waals surface area contributed by atoms with E-state index in [1.165, 1.54) is 58.2 Å². The second kappa shape index (κ2) is 7.90. The molecule has 2 unspecified atom stereocenters. The summed E-state index contributed by atoms with van der Waals surface area (Å²) in [4.78, 5) is 2.80. The van der Waals surface area contributed by atoms with Crippen molar-refractivity contribution in [1.29, 1.82) is 0 Å². The van der Waals surface area contributed by atoms with Crippen LogP contribution in [0.4, 0.5) is 0 Å². The van der Waals surface area contributed by atoms with E-state index >= 15 is 0 Å². The van der Waals surface area contributed by atoms with E-state index in [-0.39, 0.29) is 0 Å². The number of likely N-dealkylation sites (tertiary alicyclic amines) is 1. The molecule has 0 aromatic heterocycles. The molecule has 0 amide bonds. The van der Waals surface area contributed by atoms with Crippen molar-refractivity contribution in [2.24, 2.45) is 5.92 Å². The molecule has 2 rings (SSSR count). The van der Waals surface area contributed by atoms with Crippen molar-refractivity contribution in [2.75, 3.05) is 25.9 Å². The predicted octanol–water partition coefficient (Wildman–Crippen LogP) is 3.37. The lowest BCUT2D eigenvalue weighted by molar-refractivity contribution is 0.0847. The zero-order valence-corrected chi connectivity index (χ0v) is 13.8. The minimum Gasteiger partial charge on any atom is -0.314 e. The van der Waals surface area contributed by atoms with Crippen molar-refractivity contribution in [2.45, 2.75) is 69.7 Å². The van der Waals surface area contributed by atoms with Crippen LogP contribution < -0.4 is 5.32 Å². The first-order chi connectivity index (χ1) is 9.24. The maximum atomic E-state index is 3.73. The van der Waals surface area contributed by atoms with Crippen LogP contribution in [0.25, 0.3) is 0 Å². The summed E-state index contributed by atoms with van der Waals surface area (Å²) in [5, 5.41) is 4.67. The Morgan fingerprint density at radius 3 is 2.47 bits per heavy atom. The largest absolute Gasteiger partial charge is 0.314 e. The third kappa shape index (κ3) is 4.37. The second-order valence-corrected chi connectivity index (χ2v) is 7.63. The lowest BCUT2D eigenvalue weighted by atomic mass is 9.88. The molecule has 112 valence electrons. The molecular weight excluding hydrogens is 252 g/mol. The highest BCUT2D eigenvalue weighted by molar-refractivity contribution is 7.99. The molecule has 1 heterocycles. The van der Waals surface area contributed by atoms with Crippen molar-refractivity contribution in [3.05, 3.63) is 0 Å². The fourth-order valence-corrected chi connectivity index (χ4v) is 4.53. The Balaban J connectivity index is 1.75. The van der Waals surface area contributed by atoms with Crippen LogP contribution in [-0.2, 0) is 0 Å². The van der Waals surface area contributed by atoms with Gasteiger partial charge < -0.3 is 10.2 Å². The molecule has 0 aromatic rings. The number of piperidine rings is 1. The van der Waals surface area contributed by atoms with Crippen LogP contribution in [0.1, 0.15) is 52.4 Å². The summed E-state index contributed by atoms with van der Waals surface area (Å²) in [6.45, 7) is 8.52. The first kappa shape index (κ1) is 15.7. The van der Waals surface area contributed by atoms with Crippen molar-refractivity contribution in [3.8, 4) is 0 Å². The molecule has 0 bridgehead atoms. The van der Waals surface area contributed by atoms with Gasteiger partial charge in [-0.05, 0) is 63.8 Å². The van der Waals surface area contributed by atoms with Crippen molar-refractivity contribution in [1.82, 2.24) is 10.2 Å². The Morgan fingerprint density at radius 1 is 1.16 bits per heavy atom. The maximum Gasteiger partial charge on any atom is 0.0117 e. The smallest absolute Gasteiger partial charge is 0.0117 e. The molecule has 0 radical (unpaired) electrons. The lowest BCUT2D eigenvalue weighted by Crippen LogP contribution is -2.52. The molecule has 1 aliphatic heterocycles. The minimum absolute atomic E-state index is 0.763. The SMILES string of the molecule is CCCNC1CCN(C2CCC(SC)CC2)CC1C. The van der Waals surface area contributed by atoms with E-state index in [1.54, 1.807) is 0 Å². The number of hydrogen-bond acceptors (Lipinski definition) is 3. The Morgan fingerprint density at radius 2 is 1.89 bits per heavy atom. The van der Waals surface area contributed by atoms with E-state index in [2.05, 4.69) is 42.1 Å². The topological polar surface area (TPSA) is 15.3 Å². The van der Waals surface area contributed by atoms with Crippen LogP contribution in [0.2, 0.25) is 0 Å². The molecule has 3 heteroatoms. The second-order valence-electron chi connectivity index (χ2n) is 6.49. The van der Waals surface area contributed by atoms with Crippen LogP contribution in [0, 0.1) is 5.92 Å². The summed E-state index contributed by atoms with van der Waals surface area (Å²) < 4.78 is 0. The maximum absolute atomic E-state index is 3.73. The highest BCUT2D eigenvalue weighted by Crippen LogP contribution is 2.31.